The third-order valence-corrected chi connectivity index (χ3v) is 10.5. The second kappa shape index (κ2) is 9.43. The van der Waals surface area contributed by atoms with E-state index in [-0.39, 0.29) is 33.1 Å². The second-order valence-corrected chi connectivity index (χ2v) is 15.9. The molecule has 1 amide bonds. The van der Waals surface area contributed by atoms with Crippen LogP contribution in [0.15, 0.2) is 0 Å². The first-order valence-electron chi connectivity index (χ1n) is 9.19. The molecule has 0 fully saturated rings. The molecule has 0 unspecified atom stereocenters. The van der Waals surface area contributed by atoms with E-state index in [1.54, 1.807) is 11.8 Å². The van der Waals surface area contributed by atoms with Gasteiger partial charge < -0.3 is 9.74 Å². The highest BCUT2D eigenvalue weighted by Crippen LogP contribution is 2.39. The summed E-state index contributed by atoms with van der Waals surface area (Å²) in [4.78, 5) is 12.2. The van der Waals surface area contributed by atoms with Gasteiger partial charge in [-0.3, -0.25) is 4.79 Å². The van der Waals surface area contributed by atoms with Gasteiger partial charge in [0.15, 0.2) is 8.32 Å². The molecule has 0 aromatic carbocycles. The Morgan fingerprint density at radius 2 is 1.76 bits per heavy atom. The van der Waals surface area contributed by atoms with E-state index in [0.29, 0.717) is 6.42 Å². The molecule has 0 rings (SSSR count). The van der Waals surface area contributed by atoms with Gasteiger partial charge in [-0.1, -0.05) is 48.5 Å². The first-order chi connectivity index (χ1) is 11.1. The lowest BCUT2D eigenvalue weighted by atomic mass is 10.1. The minimum Gasteiger partial charge on any atom is -0.413 e. The summed E-state index contributed by atoms with van der Waals surface area (Å²) in [6, 6.07) is 2.41. The predicted molar refractivity (Wildman–Crippen MR) is 111 cm³/mol. The van der Waals surface area contributed by atoms with E-state index in [1.165, 1.54) is 0 Å². The molecule has 4 nitrogen and oxygen atoms in total. The van der Waals surface area contributed by atoms with Gasteiger partial charge in [0, 0.05) is 11.2 Å². The van der Waals surface area contributed by atoms with Crippen LogP contribution in [0.5, 0.6) is 0 Å². The summed E-state index contributed by atoms with van der Waals surface area (Å²) in [6.45, 7) is 21.2. The monoisotopic (exact) mass is 386 g/mol. The summed E-state index contributed by atoms with van der Waals surface area (Å²) >= 11 is 1.63. The molecule has 3 atom stereocenters. The molecular weight excluding hydrogens is 348 g/mol. The van der Waals surface area contributed by atoms with Gasteiger partial charge in [-0.2, -0.15) is 5.26 Å². The van der Waals surface area contributed by atoms with Crippen molar-refractivity contribution < 1.29 is 9.22 Å². The van der Waals surface area contributed by atoms with Crippen LogP contribution in [0, 0.1) is 17.2 Å². The minimum atomic E-state index is -1.98. The van der Waals surface area contributed by atoms with Crippen LogP contribution in [0.25, 0.3) is 0 Å². The SMILES string of the molecule is CCCC(=O)N[C@@H](SC(C)(C)C)[C@H](C#N)[C@@H](C)O[Si](C)(C)C(C)(C)C. The Labute approximate surface area is 160 Å². The van der Waals surface area contributed by atoms with E-state index in [1.807, 2.05) is 13.8 Å². The van der Waals surface area contributed by atoms with E-state index < -0.39 is 8.32 Å². The van der Waals surface area contributed by atoms with Crippen LogP contribution in [0.1, 0.15) is 68.2 Å². The van der Waals surface area contributed by atoms with Gasteiger partial charge >= 0.3 is 0 Å². The summed E-state index contributed by atoms with van der Waals surface area (Å²) in [6.07, 6.45) is 1.05. The van der Waals surface area contributed by atoms with Crippen LogP contribution in [0.2, 0.25) is 18.1 Å². The standard InChI is InChI=1S/C19H38N2O2SSi/c1-11-12-16(22)21-17(24-18(3,4)5)15(13-20)14(2)23-25(9,10)19(6,7)8/h14-15,17H,11-12H2,1-10H3,(H,21,22)/t14-,15-,17+/m1/s1. The zero-order valence-electron chi connectivity index (χ0n) is 17.8. The summed E-state index contributed by atoms with van der Waals surface area (Å²) in [5, 5.41) is 12.7. The number of nitrogens with one attached hydrogen (secondary N) is 1. The number of nitriles is 1. The zero-order chi connectivity index (χ0) is 20.1. The molecule has 6 heteroatoms. The molecule has 0 aliphatic heterocycles. The van der Waals surface area contributed by atoms with Crippen molar-refractivity contribution in [3.63, 3.8) is 0 Å². The molecule has 0 aromatic rings. The van der Waals surface area contributed by atoms with Crippen LogP contribution < -0.4 is 5.32 Å². The fraction of sp³-hybridized carbons (Fsp3) is 0.895. The van der Waals surface area contributed by atoms with Gasteiger partial charge in [0.05, 0.1) is 17.5 Å². The molecule has 146 valence electrons. The van der Waals surface area contributed by atoms with Crippen molar-refractivity contribution in [2.75, 3.05) is 0 Å². The lowest BCUT2D eigenvalue weighted by molar-refractivity contribution is -0.121. The van der Waals surface area contributed by atoms with Gasteiger partial charge in [-0.25, -0.2) is 0 Å². The van der Waals surface area contributed by atoms with E-state index in [0.717, 1.165) is 6.42 Å². The minimum absolute atomic E-state index is 0.00373. The Bertz CT molecular complexity index is 475. The third kappa shape index (κ3) is 8.61. The van der Waals surface area contributed by atoms with Gasteiger partial charge in [0.2, 0.25) is 5.91 Å². The number of amides is 1. The van der Waals surface area contributed by atoms with E-state index in [4.69, 9.17) is 4.43 Å². The Balaban J connectivity index is 5.41. The molecule has 0 aliphatic carbocycles. The maximum Gasteiger partial charge on any atom is 0.220 e. The number of hydrogen-bond acceptors (Lipinski definition) is 4. The van der Waals surface area contributed by atoms with Gasteiger partial charge in [-0.05, 0) is 31.5 Å². The Kier molecular flexibility index (Phi) is 9.24. The molecule has 0 aliphatic rings. The fourth-order valence-electron chi connectivity index (χ4n) is 2.16. The van der Waals surface area contributed by atoms with Crippen molar-refractivity contribution in [1.29, 1.82) is 5.26 Å². The molecule has 0 saturated heterocycles. The van der Waals surface area contributed by atoms with Crippen molar-refractivity contribution in [3.8, 4) is 6.07 Å². The van der Waals surface area contributed by atoms with Gasteiger partial charge in [-0.15, -0.1) is 11.8 Å². The van der Waals surface area contributed by atoms with E-state index >= 15 is 0 Å². The second-order valence-electron chi connectivity index (χ2n) is 9.21. The first-order valence-corrected chi connectivity index (χ1v) is 13.0. The molecule has 0 bridgehead atoms. The third-order valence-electron chi connectivity index (χ3n) is 4.53. The van der Waals surface area contributed by atoms with Gasteiger partial charge in [0.1, 0.15) is 5.92 Å². The lowest BCUT2D eigenvalue weighted by Gasteiger charge is -2.41. The summed E-state index contributed by atoms with van der Waals surface area (Å²) in [5.74, 6) is -0.386. The maximum atomic E-state index is 12.2. The Morgan fingerprint density at radius 3 is 2.12 bits per heavy atom. The summed E-state index contributed by atoms with van der Waals surface area (Å²) < 4.78 is 6.38. The zero-order valence-corrected chi connectivity index (χ0v) is 19.6. The molecule has 25 heavy (non-hydrogen) atoms. The highest BCUT2D eigenvalue weighted by molar-refractivity contribution is 8.01. The normalized spacial score (nSPS) is 16.7. The molecular formula is C19H38N2O2SSi. The first kappa shape index (κ1) is 24.5. The van der Waals surface area contributed by atoms with Crippen molar-refractivity contribution in [1.82, 2.24) is 5.32 Å². The number of carbonyl (C=O) groups excluding carboxylic acids is 1. The lowest BCUT2D eigenvalue weighted by Crippen LogP contribution is -2.49. The highest BCUT2D eigenvalue weighted by Gasteiger charge is 2.41. The maximum absolute atomic E-state index is 12.2. The number of carbonyl (C=O) groups is 1. The smallest absolute Gasteiger partial charge is 0.220 e. The van der Waals surface area contributed by atoms with Crippen LogP contribution in [-0.2, 0) is 9.22 Å². The molecule has 0 spiro atoms. The van der Waals surface area contributed by atoms with Crippen LogP contribution in [0.4, 0.5) is 0 Å². The van der Waals surface area contributed by atoms with Crippen molar-refractivity contribution in [3.05, 3.63) is 0 Å². The van der Waals surface area contributed by atoms with Gasteiger partial charge in [0.25, 0.3) is 0 Å². The topological polar surface area (TPSA) is 62.1 Å². The van der Waals surface area contributed by atoms with Crippen LogP contribution >= 0.6 is 11.8 Å². The number of nitrogens with zero attached hydrogens (tertiary/aromatic N) is 1. The fourth-order valence-corrected chi connectivity index (χ4v) is 4.98. The molecule has 1 N–H and O–H groups in total. The largest absolute Gasteiger partial charge is 0.413 e. The average Bonchev–Trinajstić information content (AvgIpc) is 2.35. The number of thioether (sulfide) groups is 1. The molecule has 0 saturated carbocycles. The Hall–Kier alpha value is -0.513. The molecule has 0 radical (unpaired) electrons. The van der Waals surface area contributed by atoms with Crippen LogP contribution in [0.3, 0.4) is 0 Å². The van der Waals surface area contributed by atoms with E-state index in [9.17, 15) is 10.1 Å². The number of hydrogen-bond donors (Lipinski definition) is 1. The summed E-state index contributed by atoms with van der Waals surface area (Å²) in [5.41, 5.74) is 0. The average molecular weight is 387 g/mol. The molecule has 0 aromatic heterocycles. The van der Waals surface area contributed by atoms with Crippen molar-refractivity contribution in [2.45, 2.75) is 103 Å². The molecule has 0 heterocycles. The summed E-state index contributed by atoms with van der Waals surface area (Å²) in [7, 11) is -1.98. The van der Waals surface area contributed by atoms with Crippen LogP contribution in [-0.4, -0.2) is 30.4 Å². The number of rotatable bonds is 8. The van der Waals surface area contributed by atoms with Crippen molar-refractivity contribution >= 4 is 26.0 Å². The van der Waals surface area contributed by atoms with Crippen molar-refractivity contribution in [2.24, 2.45) is 5.92 Å². The highest BCUT2D eigenvalue weighted by atomic mass is 32.2. The quantitative estimate of drug-likeness (QED) is 0.453. The Morgan fingerprint density at radius 1 is 1.24 bits per heavy atom. The van der Waals surface area contributed by atoms with E-state index in [2.05, 4.69) is 66.0 Å². The predicted octanol–water partition coefficient (Wildman–Crippen LogP) is 5.31.